The third-order valence-corrected chi connectivity index (χ3v) is 2.93. The molecule has 2 nitrogen and oxygen atoms in total. The zero-order valence-electron chi connectivity index (χ0n) is 8.21. The molecule has 0 saturated carbocycles. The van der Waals surface area contributed by atoms with Gasteiger partial charge in [0.1, 0.15) is 0 Å². The summed E-state index contributed by atoms with van der Waals surface area (Å²) in [6.45, 7) is 0.605. The van der Waals surface area contributed by atoms with Crippen LogP contribution in [0.25, 0.3) is 10.9 Å². The van der Waals surface area contributed by atoms with Crippen LogP contribution in [0.15, 0.2) is 24.3 Å². The Balaban J connectivity index is 2.52. The predicted octanol–water partition coefficient (Wildman–Crippen LogP) is 2.49. The highest BCUT2D eigenvalue weighted by Crippen LogP contribution is 2.21. The summed E-state index contributed by atoms with van der Waals surface area (Å²) in [6, 6.07) is 8.43. The summed E-state index contributed by atoms with van der Waals surface area (Å²) in [5.74, 6) is 1.03. The smallest absolute Gasteiger partial charge is 0.0459 e. The van der Waals surface area contributed by atoms with Crippen LogP contribution < -0.4 is 5.73 Å². The number of nitrogens with two attached hydrogens (primary N) is 1. The minimum Gasteiger partial charge on any atom is -0.358 e. The highest BCUT2D eigenvalue weighted by Gasteiger charge is 2.03. The summed E-state index contributed by atoms with van der Waals surface area (Å²) in [7, 11) is 0. The summed E-state index contributed by atoms with van der Waals surface area (Å²) in [4.78, 5) is 3.39. The van der Waals surface area contributed by atoms with Crippen LogP contribution in [0.1, 0.15) is 11.3 Å². The van der Waals surface area contributed by atoms with E-state index in [0.717, 1.165) is 5.75 Å². The van der Waals surface area contributed by atoms with Crippen molar-refractivity contribution in [3.05, 3.63) is 35.5 Å². The van der Waals surface area contributed by atoms with Crippen molar-refractivity contribution >= 4 is 22.7 Å². The van der Waals surface area contributed by atoms with Crippen molar-refractivity contribution in [1.29, 1.82) is 0 Å². The van der Waals surface area contributed by atoms with Crippen molar-refractivity contribution in [1.82, 2.24) is 4.98 Å². The summed E-state index contributed by atoms with van der Waals surface area (Å²) < 4.78 is 0. The lowest BCUT2D eigenvalue weighted by atomic mass is 10.1. The van der Waals surface area contributed by atoms with E-state index in [9.17, 15) is 0 Å². The fraction of sp³-hybridized carbons (Fsp3) is 0.273. The van der Waals surface area contributed by atoms with Crippen LogP contribution in [0.4, 0.5) is 0 Å². The van der Waals surface area contributed by atoms with Crippen LogP contribution in [-0.2, 0) is 12.3 Å². The molecule has 0 fully saturated rings. The van der Waals surface area contributed by atoms with Gasteiger partial charge >= 0.3 is 0 Å². The lowest BCUT2D eigenvalue weighted by Gasteiger charge is -1.96. The summed E-state index contributed by atoms with van der Waals surface area (Å²) in [5, 5.41) is 1.26. The molecule has 0 atom stereocenters. The molecule has 0 spiro atoms. The molecule has 1 aromatic heterocycles. The highest BCUT2D eigenvalue weighted by atomic mass is 32.2. The van der Waals surface area contributed by atoms with Gasteiger partial charge in [0.05, 0.1) is 0 Å². The van der Waals surface area contributed by atoms with Crippen molar-refractivity contribution < 1.29 is 0 Å². The first-order chi connectivity index (χ1) is 6.85. The van der Waals surface area contributed by atoms with E-state index in [1.54, 1.807) is 0 Å². The zero-order valence-corrected chi connectivity index (χ0v) is 9.03. The fourth-order valence-electron chi connectivity index (χ4n) is 1.69. The van der Waals surface area contributed by atoms with E-state index in [0.29, 0.717) is 6.54 Å². The molecule has 2 aromatic rings. The van der Waals surface area contributed by atoms with E-state index < -0.39 is 0 Å². The van der Waals surface area contributed by atoms with Gasteiger partial charge in [0, 0.05) is 28.9 Å². The number of H-pyrrole nitrogens is 1. The van der Waals surface area contributed by atoms with Gasteiger partial charge < -0.3 is 10.7 Å². The van der Waals surface area contributed by atoms with Gasteiger partial charge in [-0.25, -0.2) is 0 Å². The van der Waals surface area contributed by atoms with Gasteiger partial charge in [-0.1, -0.05) is 12.1 Å². The molecule has 2 rings (SSSR count). The Morgan fingerprint density at radius 3 is 3.00 bits per heavy atom. The molecule has 0 radical (unpaired) electrons. The molecule has 3 heteroatoms. The molecule has 0 saturated heterocycles. The molecule has 0 aliphatic carbocycles. The SMILES string of the molecule is CSCc1cc2c(CN)cccc2[nH]1. The van der Waals surface area contributed by atoms with Crippen LogP contribution in [0.2, 0.25) is 0 Å². The Morgan fingerprint density at radius 1 is 1.43 bits per heavy atom. The molecule has 0 unspecified atom stereocenters. The van der Waals surface area contributed by atoms with Crippen molar-refractivity contribution in [3.8, 4) is 0 Å². The molecule has 3 N–H and O–H groups in total. The first-order valence-corrected chi connectivity index (χ1v) is 6.03. The monoisotopic (exact) mass is 206 g/mol. The number of hydrogen-bond acceptors (Lipinski definition) is 2. The van der Waals surface area contributed by atoms with E-state index in [1.165, 1.54) is 22.2 Å². The van der Waals surface area contributed by atoms with Gasteiger partial charge in [-0.05, 0) is 24.0 Å². The number of aromatic amines is 1. The third-order valence-electron chi connectivity index (χ3n) is 2.33. The third kappa shape index (κ3) is 1.65. The number of hydrogen-bond donors (Lipinski definition) is 2. The molecular weight excluding hydrogens is 192 g/mol. The second kappa shape index (κ2) is 4.07. The van der Waals surface area contributed by atoms with Crippen molar-refractivity contribution in [2.24, 2.45) is 5.73 Å². The Morgan fingerprint density at radius 2 is 2.29 bits per heavy atom. The van der Waals surface area contributed by atoms with E-state index in [4.69, 9.17) is 5.73 Å². The molecule has 0 amide bonds. The number of thioether (sulfide) groups is 1. The van der Waals surface area contributed by atoms with Crippen LogP contribution in [0.3, 0.4) is 0 Å². The minimum absolute atomic E-state index is 0.605. The molecule has 0 bridgehead atoms. The molecule has 0 aliphatic rings. The molecule has 1 aromatic carbocycles. The summed E-state index contributed by atoms with van der Waals surface area (Å²) >= 11 is 1.82. The van der Waals surface area contributed by atoms with Crippen LogP contribution in [-0.4, -0.2) is 11.2 Å². The average Bonchev–Trinajstić information content (AvgIpc) is 2.60. The van der Waals surface area contributed by atoms with Crippen molar-refractivity contribution in [3.63, 3.8) is 0 Å². The van der Waals surface area contributed by atoms with Crippen LogP contribution in [0, 0.1) is 0 Å². The van der Waals surface area contributed by atoms with E-state index in [2.05, 4.69) is 29.4 Å². The quantitative estimate of drug-likeness (QED) is 0.810. The number of rotatable bonds is 3. The van der Waals surface area contributed by atoms with Gasteiger partial charge in [-0.2, -0.15) is 11.8 Å². The normalized spacial score (nSPS) is 11.0. The van der Waals surface area contributed by atoms with Crippen LogP contribution >= 0.6 is 11.8 Å². The maximum atomic E-state index is 5.68. The van der Waals surface area contributed by atoms with Gasteiger partial charge in [0.2, 0.25) is 0 Å². The molecule has 1 heterocycles. The fourth-order valence-corrected chi connectivity index (χ4v) is 2.15. The number of benzene rings is 1. The first kappa shape index (κ1) is 9.62. The standard InChI is InChI=1S/C11H14N2S/c1-14-7-9-5-10-8(6-12)3-2-4-11(10)13-9/h2-5,13H,6-7,12H2,1H3. The average molecular weight is 206 g/mol. The highest BCUT2D eigenvalue weighted by molar-refractivity contribution is 7.97. The van der Waals surface area contributed by atoms with Crippen molar-refractivity contribution in [2.45, 2.75) is 12.3 Å². The maximum Gasteiger partial charge on any atom is 0.0459 e. The van der Waals surface area contributed by atoms with E-state index in [-0.39, 0.29) is 0 Å². The number of aromatic nitrogens is 1. The summed E-state index contributed by atoms with van der Waals surface area (Å²) in [5.41, 5.74) is 9.36. The number of fused-ring (bicyclic) bond motifs is 1. The Hall–Kier alpha value is -0.930. The second-order valence-electron chi connectivity index (χ2n) is 3.31. The largest absolute Gasteiger partial charge is 0.358 e. The zero-order chi connectivity index (χ0) is 9.97. The van der Waals surface area contributed by atoms with Gasteiger partial charge in [-0.3, -0.25) is 0 Å². The molecule has 74 valence electrons. The van der Waals surface area contributed by atoms with Crippen LogP contribution in [0.5, 0.6) is 0 Å². The van der Waals surface area contributed by atoms with E-state index >= 15 is 0 Å². The summed E-state index contributed by atoms with van der Waals surface area (Å²) in [6.07, 6.45) is 2.11. The number of nitrogens with one attached hydrogen (secondary N) is 1. The van der Waals surface area contributed by atoms with Crippen molar-refractivity contribution in [2.75, 3.05) is 6.26 Å². The lowest BCUT2D eigenvalue weighted by Crippen LogP contribution is -1.95. The lowest BCUT2D eigenvalue weighted by molar-refractivity contribution is 1.09. The van der Waals surface area contributed by atoms with Gasteiger partial charge in [0.25, 0.3) is 0 Å². The Kier molecular flexibility index (Phi) is 2.79. The topological polar surface area (TPSA) is 41.8 Å². The predicted molar refractivity (Wildman–Crippen MR) is 63.4 cm³/mol. The van der Waals surface area contributed by atoms with E-state index in [1.807, 2.05) is 17.8 Å². The Bertz CT molecular complexity index is 434. The molecular formula is C11H14N2S. The second-order valence-corrected chi connectivity index (χ2v) is 4.18. The Labute approximate surface area is 87.9 Å². The van der Waals surface area contributed by atoms with Gasteiger partial charge in [-0.15, -0.1) is 0 Å². The molecule has 0 aliphatic heterocycles. The van der Waals surface area contributed by atoms with Gasteiger partial charge in [0.15, 0.2) is 0 Å². The molecule has 14 heavy (non-hydrogen) atoms. The minimum atomic E-state index is 0.605. The maximum absolute atomic E-state index is 5.68. The first-order valence-electron chi connectivity index (χ1n) is 4.63.